The molecule has 2 saturated carbocycles. The molecule has 1 amide bonds. The van der Waals surface area contributed by atoms with Gasteiger partial charge in [-0.25, -0.2) is 13.9 Å². The first-order valence-electron chi connectivity index (χ1n) is 23.0. The fourth-order valence-electron chi connectivity index (χ4n) is 11.4. The van der Waals surface area contributed by atoms with E-state index in [1.807, 2.05) is 47.0 Å². The number of nitrogens with one attached hydrogen (secondary N) is 1. The van der Waals surface area contributed by atoms with Gasteiger partial charge in [-0.2, -0.15) is 10.2 Å². The Kier molecular flexibility index (Phi) is 9.12. The van der Waals surface area contributed by atoms with Crippen molar-refractivity contribution in [2.75, 3.05) is 13.2 Å². The Morgan fingerprint density at radius 2 is 1.76 bits per heavy atom. The number of fused-ring (bicyclic) bond motifs is 3. The lowest BCUT2D eigenvalue weighted by molar-refractivity contribution is -0.133. The van der Waals surface area contributed by atoms with Gasteiger partial charge in [0.05, 0.1) is 34.4 Å². The molecule has 1 unspecified atom stereocenters. The molecule has 2 aliphatic carbocycles. The third-order valence-corrected chi connectivity index (χ3v) is 15.3. The van der Waals surface area contributed by atoms with Gasteiger partial charge in [0.25, 0.3) is 11.5 Å². The first-order valence-corrected chi connectivity index (χ1v) is 23.0. The number of carbonyl (C=O) groups excluding carboxylic acids is 1. The number of benzene rings is 3. The highest BCUT2D eigenvalue weighted by Gasteiger charge is 2.59. The summed E-state index contributed by atoms with van der Waals surface area (Å²) in [5, 5.41) is 15.6. The lowest BCUT2D eigenvalue weighted by Gasteiger charge is -2.47. The minimum atomic E-state index is -0.783. The van der Waals surface area contributed by atoms with Crippen molar-refractivity contribution >= 4 is 27.7 Å². The number of halogens is 1. The summed E-state index contributed by atoms with van der Waals surface area (Å²) in [6, 6.07) is 21.6. The number of ether oxygens (including phenoxy) is 1. The number of aryl methyl sites for hydroxylation is 3. The highest BCUT2D eigenvalue weighted by atomic mass is 19.1. The zero-order valence-corrected chi connectivity index (χ0v) is 37.4. The standard InChI is InChI=1S/C51H50FN9O5/c1-29-18-38(19-30(2)46(29)52)61-43(20-32-10-16-59(45(62)21-32)37-7-9-41-36(23-37)27-53-57(41)4)39-28-58(15-11-40(39)55-61)47(63)44-24-35-22-33(34-12-17-65-50(26-34)13-5-14-50)6-8-42(35)60(44)51(25-31(51)3)48-54-49(64)66-56-48/h6-10,16,18-19,21-24,27,31,34H,5,11-15,17,20,25-26,28H2,1-4H3,(H,54,56,64)/t31-,34?,51-/m0/s1. The summed E-state index contributed by atoms with van der Waals surface area (Å²) in [6.07, 6.45) is 10.4. The van der Waals surface area contributed by atoms with Crippen LogP contribution in [0.15, 0.2) is 93.2 Å². The van der Waals surface area contributed by atoms with Crippen LogP contribution in [0.25, 0.3) is 33.2 Å². The molecule has 66 heavy (non-hydrogen) atoms. The fourth-order valence-corrected chi connectivity index (χ4v) is 11.4. The van der Waals surface area contributed by atoms with Gasteiger partial charge in [0, 0.05) is 79.4 Å². The molecule has 2 aliphatic heterocycles. The van der Waals surface area contributed by atoms with Crippen LogP contribution < -0.4 is 11.3 Å². The van der Waals surface area contributed by atoms with Crippen molar-refractivity contribution in [3.05, 3.63) is 157 Å². The lowest BCUT2D eigenvalue weighted by atomic mass is 9.70. The monoisotopic (exact) mass is 887 g/mol. The van der Waals surface area contributed by atoms with Gasteiger partial charge < -0.3 is 14.2 Å². The van der Waals surface area contributed by atoms with Gasteiger partial charge in [0.1, 0.15) is 17.1 Å². The topological polar surface area (TPSA) is 151 Å². The van der Waals surface area contributed by atoms with Crippen molar-refractivity contribution < 1.29 is 18.4 Å². The molecule has 3 atom stereocenters. The predicted octanol–water partition coefficient (Wildman–Crippen LogP) is 7.69. The molecule has 3 aromatic carbocycles. The van der Waals surface area contributed by atoms with E-state index in [0.29, 0.717) is 60.1 Å². The Balaban J connectivity index is 0.930. The Hall–Kier alpha value is -6.87. The molecule has 14 nitrogen and oxygen atoms in total. The second-order valence-electron chi connectivity index (χ2n) is 19.3. The first-order chi connectivity index (χ1) is 31.9. The van der Waals surface area contributed by atoms with E-state index < -0.39 is 11.3 Å². The van der Waals surface area contributed by atoms with Crippen LogP contribution in [0.4, 0.5) is 4.39 Å². The first kappa shape index (κ1) is 40.6. The number of aromatic nitrogens is 8. The zero-order valence-electron chi connectivity index (χ0n) is 37.4. The molecule has 336 valence electrons. The Labute approximate surface area is 378 Å². The van der Waals surface area contributed by atoms with Crippen LogP contribution in [0.2, 0.25) is 0 Å². The molecule has 4 aliphatic rings. The molecule has 8 aromatic rings. The molecule has 1 spiro atoms. The van der Waals surface area contributed by atoms with Crippen LogP contribution in [0.1, 0.15) is 107 Å². The molecule has 7 heterocycles. The maximum absolute atomic E-state index is 15.4. The predicted molar refractivity (Wildman–Crippen MR) is 245 cm³/mol. The van der Waals surface area contributed by atoms with E-state index in [2.05, 4.69) is 44.9 Å². The summed E-state index contributed by atoms with van der Waals surface area (Å²) in [4.78, 5) is 46.3. The van der Waals surface area contributed by atoms with Crippen molar-refractivity contribution in [1.29, 1.82) is 0 Å². The van der Waals surface area contributed by atoms with Gasteiger partial charge >= 0.3 is 5.76 Å². The van der Waals surface area contributed by atoms with Gasteiger partial charge in [-0.05, 0) is 141 Å². The van der Waals surface area contributed by atoms with Crippen molar-refractivity contribution in [2.45, 2.75) is 95.7 Å². The van der Waals surface area contributed by atoms with Crippen molar-refractivity contribution in [3.8, 4) is 11.4 Å². The molecule has 1 saturated heterocycles. The smallest absolute Gasteiger partial charge is 0.375 e. The Morgan fingerprint density at radius 1 is 0.955 bits per heavy atom. The molecule has 5 aromatic heterocycles. The molecular formula is C51H50FN9O5. The number of aromatic amines is 1. The van der Waals surface area contributed by atoms with Crippen LogP contribution in [0, 0.1) is 25.6 Å². The maximum atomic E-state index is 15.4. The van der Waals surface area contributed by atoms with Crippen LogP contribution >= 0.6 is 0 Å². The second kappa shape index (κ2) is 14.8. The summed E-state index contributed by atoms with van der Waals surface area (Å²) in [7, 11) is 1.89. The quantitative estimate of drug-likeness (QED) is 0.163. The molecule has 15 heteroatoms. The SMILES string of the molecule is Cc1cc(-n2nc3c(c2Cc2ccn(-c4ccc5c(cnn5C)c4)c(=O)c2)CN(C(=O)c2cc4cc(C5CCOC6(CCC6)C5)ccc4n2[C@@]2(c4noc(=O)[nH]4)C[C@@H]2C)CC3)cc(C)c1F. The average molecular weight is 888 g/mol. The summed E-state index contributed by atoms with van der Waals surface area (Å²) in [6.45, 7) is 7.03. The molecule has 0 radical (unpaired) electrons. The van der Waals surface area contributed by atoms with Crippen LogP contribution in [-0.4, -0.2) is 68.4 Å². The number of H-pyrrole nitrogens is 1. The van der Waals surface area contributed by atoms with Gasteiger partial charge in [-0.1, -0.05) is 18.1 Å². The van der Waals surface area contributed by atoms with E-state index in [0.717, 1.165) is 82.3 Å². The number of rotatable bonds is 8. The fraction of sp³-hybridized carbons (Fsp3) is 0.373. The number of amides is 1. The van der Waals surface area contributed by atoms with Crippen LogP contribution in [-0.2, 0) is 36.7 Å². The zero-order chi connectivity index (χ0) is 45.2. The minimum Gasteiger partial charge on any atom is -0.375 e. The largest absolute Gasteiger partial charge is 0.438 e. The number of nitrogens with zero attached hydrogens (tertiary/aromatic N) is 8. The summed E-state index contributed by atoms with van der Waals surface area (Å²) in [5.41, 5.74) is 8.42. The normalized spacial score (nSPS) is 21.1. The van der Waals surface area contributed by atoms with E-state index in [1.165, 1.54) is 12.0 Å². The third kappa shape index (κ3) is 6.37. The van der Waals surface area contributed by atoms with Gasteiger partial charge in [0.2, 0.25) is 0 Å². The number of pyridine rings is 1. The van der Waals surface area contributed by atoms with E-state index in [4.69, 9.17) is 14.4 Å². The number of hydrogen-bond acceptors (Lipinski definition) is 8. The summed E-state index contributed by atoms with van der Waals surface area (Å²) < 4.78 is 33.8. The maximum Gasteiger partial charge on any atom is 0.438 e. The van der Waals surface area contributed by atoms with E-state index in [-0.39, 0.29) is 35.3 Å². The van der Waals surface area contributed by atoms with Gasteiger partial charge in [-0.15, -0.1) is 0 Å². The van der Waals surface area contributed by atoms with Crippen molar-refractivity contribution in [1.82, 2.24) is 43.7 Å². The summed E-state index contributed by atoms with van der Waals surface area (Å²) in [5.74, 6) is -0.231. The molecule has 12 rings (SSSR count). The van der Waals surface area contributed by atoms with Crippen molar-refractivity contribution in [2.24, 2.45) is 13.0 Å². The van der Waals surface area contributed by atoms with E-state index >= 15 is 9.18 Å². The minimum absolute atomic E-state index is 0.0128. The third-order valence-electron chi connectivity index (χ3n) is 15.3. The van der Waals surface area contributed by atoms with E-state index in [9.17, 15) is 9.59 Å². The van der Waals surface area contributed by atoms with E-state index in [1.54, 1.807) is 53.7 Å². The molecule has 0 bridgehead atoms. The van der Waals surface area contributed by atoms with Crippen LogP contribution in [0.3, 0.4) is 0 Å². The number of carbonyl (C=O) groups is 1. The van der Waals surface area contributed by atoms with Gasteiger partial charge in [0.15, 0.2) is 5.82 Å². The van der Waals surface area contributed by atoms with Crippen molar-refractivity contribution in [3.63, 3.8) is 0 Å². The lowest BCUT2D eigenvalue weighted by Crippen LogP contribution is -2.44. The second-order valence-corrected chi connectivity index (χ2v) is 19.3. The Bertz CT molecular complexity index is 3400. The Morgan fingerprint density at radius 3 is 2.48 bits per heavy atom. The molecular weight excluding hydrogens is 838 g/mol. The number of hydrogen-bond donors (Lipinski definition) is 1. The van der Waals surface area contributed by atoms with Gasteiger partial charge in [-0.3, -0.25) is 28.3 Å². The average Bonchev–Trinajstić information content (AvgIpc) is 3.77. The highest BCUT2D eigenvalue weighted by Crippen LogP contribution is 2.56. The van der Waals surface area contributed by atoms with Crippen LogP contribution in [0.5, 0.6) is 0 Å². The highest BCUT2D eigenvalue weighted by molar-refractivity contribution is 5.99. The summed E-state index contributed by atoms with van der Waals surface area (Å²) >= 11 is 0. The molecule has 3 fully saturated rings. The molecule has 1 N–H and O–H groups in total.